The fourth-order valence-corrected chi connectivity index (χ4v) is 3.91. The summed E-state index contributed by atoms with van der Waals surface area (Å²) in [4.78, 5) is 31.8. The molecule has 6 nitrogen and oxygen atoms in total. The van der Waals surface area contributed by atoms with Crippen LogP contribution < -0.4 is 5.32 Å². The number of hydrogen-bond acceptors (Lipinski definition) is 3. The molecule has 1 N–H and O–H groups in total. The summed E-state index contributed by atoms with van der Waals surface area (Å²) < 4.78 is 2.00. The van der Waals surface area contributed by atoms with Crippen molar-refractivity contribution in [3.05, 3.63) is 65.5 Å². The van der Waals surface area contributed by atoms with E-state index in [9.17, 15) is 9.59 Å². The molecule has 2 amide bonds. The van der Waals surface area contributed by atoms with E-state index in [1.807, 2.05) is 64.9 Å². The van der Waals surface area contributed by atoms with Crippen LogP contribution in [-0.4, -0.2) is 45.9 Å². The van der Waals surface area contributed by atoms with E-state index in [1.54, 1.807) is 0 Å². The number of likely N-dealkylation sites (tertiary alicyclic amines) is 1. The van der Waals surface area contributed by atoms with E-state index in [4.69, 9.17) is 4.98 Å². The molecular formula is C23H26N4O2. The Morgan fingerprint density at radius 3 is 2.55 bits per heavy atom. The molecule has 0 atom stereocenters. The Kier molecular flexibility index (Phi) is 5.60. The van der Waals surface area contributed by atoms with E-state index in [0.717, 1.165) is 48.4 Å². The Labute approximate surface area is 170 Å². The lowest BCUT2D eigenvalue weighted by atomic mass is 10.1. The van der Waals surface area contributed by atoms with Crippen molar-refractivity contribution >= 4 is 22.8 Å². The number of nitrogens with one attached hydrogen (secondary N) is 1. The smallest absolute Gasteiger partial charge is 0.251 e. The summed E-state index contributed by atoms with van der Waals surface area (Å²) in [6.45, 7) is 4.37. The van der Waals surface area contributed by atoms with Crippen LogP contribution in [0.3, 0.4) is 0 Å². The van der Waals surface area contributed by atoms with Crippen molar-refractivity contribution in [1.82, 2.24) is 19.8 Å². The van der Waals surface area contributed by atoms with Crippen molar-refractivity contribution in [2.24, 2.45) is 0 Å². The van der Waals surface area contributed by atoms with Crippen molar-refractivity contribution in [2.75, 3.05) is 19.6 Å². The minimum absolute atomic E-state index is 0.0843. The maximum absolute atomic E-state index is 12.7. The molecule has 0 saturated carbocycles. The van der Waals surface area contributed by atoms with Crippen LogP contribution in [0.25, 0.3) is 11.0 Å². The van der Waals surface area contributed by atoms with E-state index in [1.165, 1.54) is 0 Å². The Morgan fingerprint density at radius 1 is 1.03 bits per heavy atom. The lowest BCUT2D eigenvalue weighted by Gasteiger charge is -2.17. The SMILES string of the molecule is Cc1ccccc1C(=O)NCCc1nc2ccccc2n1CC(=O)N1CCCC1. The van der Waals surface area contributed by atoms with Crippen LogP contribution in [0.2, 0.25) is 0 Å². The second-order valence-electron chi connectivity index (χ2n) is 7.51. The Bertz CT molecular complexity index is 1030. The molecule has 6 heteroatoms. The third kappa shape index (κ3) is 4.16. The summed E-state index contributed by atoms with van der Waals surface area (Å²) in [7, 11) is 0. The number of fused-ring (bicyclic) bond motifs is 1. The van der Waals surface area contributed by atoms with Crippen LogP contribution in [0.1, 0.15) is 34.6 Å². The standard InChI is InChI=1S/C23H26N4O2/c1-17-8-2-3-9-18(17)23(29)24-13-12-21-25-19-10-4-5-11-20(19)27(21)16-22(28)26-14-6-7-15-26/h2-5,8-11H,6-7,12-16H2,1H3,(H,24,29). The summed E-state index contributed by atoms with van der Waals surface area (Å²) in [5, 5.41) is 2.98. The van der Waals surface area contributed by atoms with Gasteiger partial charge in [-0.25, -0.2) is 4.98 Å². The largest absolute Gasteiger partial charge is 0.352 e. The highest BCUT2D eigenvalue weighted by Gasteiger charge is 2.21. The molecular weight excluding hydrogens is 364 g/mol. The highest BCUT2D eigenvalue weighted by atomic mass is 16.2. The molecule has 1 fully saturated rings. The maximum Gasteiger partial charge on any atom is 0.251 e. The van der Waals surface area contributed by atoms with E-state index >= 15 is 0 Å². The summed E-state index contributed by atoms with van der Waals surface area (Å²) in [6.07, 6.45) is 2.72. The van der Waals surface area contributed by atoms with Crippen molar-refractivity contribution in [3.8, 4) is 0 Å². The van der Waals surface area contributed by atoms with Crippen molar-refractivity contribution < 1.29 is 9.59 Å². The number of para-hydroxylation sites is 2. The highest BCUT2D eigenvalue weighted by molar-refractivity contribution is 5.95. The molecule has 0 radical (unpaired) electrons. The Morgan fingerprint density at radius 2 is 1.76 bits per heavy atom. The van der Waals surface area contributed by atoms with Gasteiger partial charge in [-0.3, -0.25) is 9.59 Å². The van der Waals surface area contributed by atoms with Gasteiger partial charge in [-0.1, -0.05) is 30.3 Å². The Hall–Kier alpha value is -3.15. The van der Waals surface area contributed by atoms with Crippen molar-refractivity contribution in [2.45, 2.75) is 32.7 Å². The number of carbonyl (C=O) groups excluding carboxylic acids is 2. The number of hydrogen-bond donors (Lipinski definition) is 1. The molecule has 29 heavy (non-hydrogen) atoms. The van der Waals surface area contributed by atoms with Crippen LogP contribution >= 0.6 is 0 Å². The van der Waals surface area contributed by atoms with Crippen molar-refractivity contribution in [1.29, 1.82) is 0 Å². The normalized spacial score (nSPS) is 13.8. The lowest BCUT2D eigenvalue weighted by molar-refractivity contribution is -0.130. The number of carbonyl (C=O) groups is 2. The molecule has 150 valence electrons. The number of rotatable bonds is 6. The van der Waals surface area contributed by atoms with Gasteiger partial charge in [0, 0.05) is 31.6 Å². The first-order valence-corrected chi connectivity index (χ1v) is 10.2. The van der Waals surface area contributed by atoms with Gasteiger partial charge in [-0.2, -0.15) is 0 Å². The summed E-state index contributed by atoms with van der Waals surface area (Å²) in [6, 6.07) is 15.4. The molecule has 3 aromatic rings. The molecule has 2 heterocycles. The summed E-state index contributed by atoms with van der Waals surface area (Å²) in [5.74, 6) is 0.874. The van der Waals surface area contributed by atoms with Crippen LogP contribution in [0.5, 0.6) is 0 Å². The third-order valence-corrected chi connectivity index (χ3v) is 5.51. The van der Waals surface area contributed by atoms with E-state index in [-0.39, 0.29) is 11.8 Å². The molecule has 1 aliphatic heterocycles. The van der Waals surface area contributed by atoms with Gasteiger partial charge >= 0.3 is 0 Å². The highest BCUT2D eigenvalue weighted by Crippen LogP contribution is 2.18. The number of aromatic nitrogens is 2. The number of nitrogens with zero attached hydrogens (tertiary/aromatic N) is 3. The van der Waals surface area contributed by atoms with Crippen molar-refractivity contribution in [3.63, 3.8) is 0 Å². The van der Waals surface area contributed by atoms with Gasteiger partial charge in [-0.05, 0) is 43.5 Å². The van der Waals surface area contributed by atoms with Gasteiger partial charge < -0.3 is 14.8 Å². The molecule has 0 spiro atoms. The minimum atomic E-state index is -0.0843. The quantitative estimate of drug-likeness (QED) is 0.704. The first-order valence-electron chi connectivity index (χ1n) is 10.2. The summed E-state index contributed by atoms with van der Waals surface area (Å²) in [5.41, 5.74) is 3.47. The van der Waals surface area contributed by atoms with Crippen LogP contribution in [0.4, 0.5) is 0 Å². The van der Waals surface area contributed by atoms with Gasteiger partial charge in [0.25, 0.3) is 5.91 Å². The first kappa shape index (κ1) is 19.2. The predicted octanol–water partition coefficient (Wildman–Crippen LogP) is 2.94. The molecule has 4 rings (SSSR count). The van der Waals surface area contributed by atoms with Crippen LogP contribution in [0, 0.1) is 6.92 Å². The fourth-order valence-electron chi connectivity index (χ4n) is 3.91. The number of amides is 2. The van der Waals surface area contributed by atoms with Gasteiger partial charge in [0.05, 0.1) is 11.0 Å². The average molecular weight is 390 g/mol. The molecule has 1 saturated heterocycles. The van der Waals surface area contributed by atoms with Gasteiger partial charge in [0.1, 0.15) is 12.4 Å². The molecule has 0 bridgehead atoms. The first-order chi connectivity index (χ1) is 14.1. The molecule has 1 aliphatic rings. The molecule has 0 unspecified atom stereocenters. The maximum atomic E-state index is 12.7. The van der Waals surface area contributed by atoms with Gasteiger partial charge in [0.15, 0.2) is 0 Å². The zero-order valence-corrected chi connectivity index (χ0v) is 16.7. The summed E-state index contributed by atoms with van der Waals surface area (Å²) >= 11 is 0. The van der Waals surface area contributed by atoms with Gasteiger partial charge in [0.2, 0.25) is 5.91 Å². The molecule has 1 aromatic heterocycles. The van der Waals surface area contributed by atoms with Gasteiger partial charge in [-0.15, -0.1) is 0 Å². The zero-order chi connectivity index (χ0) is 20.2. The third-order valence-electron chi connectivity index (χ3n) is 5.51. The predicted molar refractivity (Wildman–Crippen MR) is 113 cm³/mol. The minimum Gasteiger partial charge on any atom is -0.352 e. The topological polar surface area (TPSA) is 67.2 Å². The monoisotopic (exact) mass is 390 g/mol. The van der Waals surface area contributed by atoms with Crippen LogP contribution in [0.15, 0.2) is 48.5 Å². The average Bonchev–Trinajstić information content (AvgIpc) is 3.37. The number of aryl methyl sites for hydroxylation is 1. The fraction of sp³-hybridized carbons (Fsp3) is 0.348. The second kappa shape index (κ2) is 8.47. The lowest BCUT2D eigenvalue weighted by Crippen LogP contribution is -2.32. The second-order valence-corrected chi connectivity index (χ2v) is 7.51. The molecule has 0 aliphatic carbocycles. The van der Waals surface area contributed by atoms with E-state index in [0.29, 0.717) is 25.1 Å². The van der Waals surface area contributed by atoms with Crippen LogP contribution in [-0.2, 0) is 17.8 Å². The Balaban J connectivity index is 1.48. The molecule has 2 aromatic carbocycles. The number of imidazole rings is 1. The number of benzene rings is 2. The van der Waals surface area contributed by atoms with E-state index in [2.05, 4.69) is 5.32 Å². The zero-order valence-electron chi connectivity index (χ0n) is 16.7. The van der Waals surface area contributed by atoms with E-state index < -0.39 is 0 Å².